The number of fused-ring (bicyclic) bond motifs is 2. The van der Waals surface area contributed by atoms with Crippen LogP contribution in [0.25, 0.3) is 10.8 Å². The Balaban J connectivity index is 1.38. The van der Waals surface area contributed by atoms with Crippen LogP contribution in [0.15, 0.2) is 83.2 Å². The first kappa shape index (κ1) is 21.0. The molecule has 7 heteroatoms. The standard InChI is InChI=1S/C27H24N4O2S/c1-33-23-15-5-4-12-20(23)25-24-21(13-7-14-22(24)32)28-26-29-27(30-31(25)26)34-16-18-10-6-9-17-8-2-3-11-19(17)18/h2-6,8-12,15,25H,7,13-14,16H2,1H3,(H,28,29,30). The topological polar surface area (TPSA) is 69.0 Å². The first-order valence-corrected chi connectivity index (χ1v) is 12.4. The van der Waals surface area contributed by atoms with Crippen LogP contribution in [0.2, 0.25) is 0 Å². The SMILES string of the molecule is COc1ccccc1C1C2=C(CCCC2=O)Nc2nc(SCc3cccc4ccccc34)nn21. The van der Waals surface area contributed by atoms with Crippen LogP contribution in [-0.4, -0.2) is 27.7 Å². The molecule has 1 unspecified atom stereocenters. The molecule has 1 aromatic heterocycles. The van der Waals surface area contributed by atoms with E-state index in [1.54, 1.807) is 18.9 Å². The monoisotopic (exact) mass is 468 g/mol. The summed E-state index contributed by atoms with van der Waals surface area (Å²) >= 11 is 1.61. The Morgan fingerprint density at radius 2 is 1.88 bits per heavy atom. The molecule has 0 fully saturated rings. The van der Waals surface area contributed by atoms with Gasteiger partial charge in [-0.15, -0.1) is 5.10 Å². The molecule has 1 aliphatic heterocycles. The number of aromatic nitrogens is 3. The molecule has 1 aliphatic carbocycles. The number of para-hydroxylation sites is 1. The molecule has 0 bridgehead atoms. The Hall–Kier alpha value is -3.58. The number of nitrogens with one attached hydrogen (secondary N) is 1. The van der Waals surface area contributed by atoms with Gasteiger partial charge in [-0.25, -0.2) is 4.68 Å². The van der Waals surface area contributed by atoms with Gasteiger partial charge in [0.1, 0.15) is 11.8 Å². The van der Waals surface area contributed by atoms with Crippen LogP contribution >= 0.6 is 11.8 Å². The lowest BCUT2D eigenvalue weighted by atomic mass is 9.85. The Bertz CT molecular complexity index is 1440. The third-order valence-corrected chi connectivity index (χ3v) is 7.41. The largest absolute Gasteiger partial charge is 0.496 e. The smallest absolute Gasteiger partial charge is 0.227 e. The second-order valence-corrected chi connectivity index (χ2v) is 9.47. The number of rotatable bonds is 5. The number of methoxy groups -OCH3 is 1. The summed E-state index contributed by atoms with van der Waals surface area (Å²) in [5, 5.41) is 11.4. The fourth-order valence-corrected chi connectivity index (χ4v) is 5.77. The minimum atomic E-state index is -0.352. The van der Waals surface area contributed by atoms with Crippen molar-refractivity contribution in [2.75, 3.05) is 12.4 Å². The van der Waals surface area contributed by atoms with Gasteiger partial charge in [0.05, 0.1) is 7.11 Å². The van der Waals surface area contributed by atoms with Crippen molar-refractivity contribution in [1.82, 2.24) is 14.8 Å². The fraction of sp³-hybridized carbons (Fsp3) is 0.222. The Labute approximate surface area is 202 Å². The first-order chi connectivity index (χ1) is 16.7. The number of hydrogen-bond donors (Lipinski definition) is 1. The van der Waals surface area contributed by atoms with Gasteiger partial charge in [0.2, 0.25) is 11.1 Å². The molecule has 0 amide bonds. The van der Waals surface area contributed by atoms with Gasteiger partial charge in [-0.3, -0.25) is 4.79 Å². The predicted octanol–water partition coefficient (Wildman–Crippen LogP) is 5.75. The van der Waals surface area contributed by atoms with Gasteiger partial charge in [-0.1, -0.05) is 72.4 Å². The summed E-state index contributed by atoms with van der Waals surface area (Å²) in [4.78, 5) is 17.9. The van der Waals surface area contributed by atoms with E-state index in [2.05, 4.69) is 47.8 Å². The van der Waals surface area contributed by atoms with E-state index in [9.17, 15) is 4.79 Å². The summed E-state index contributed by atoms with van der Waals surface area (Å²) in [6.07, 6.45) is 2.23. The van der Waals surface area contributed by atoms with E-state index in [4.69, 9.17) is 14.8 Å². The number of ketones is 1. The van der Waals surface area contributed by atoms with Crippen molar-refractivity contribution in [3.8, 4) is 5.75 Å². The van der Waals surface area contributed by atoms with Gasteiger partial charge in [-0.2, -0.15) is 4.98 Å². The lowest BCUT2D eigenvalue weighted by Crippen LogP contribution is -2.31. The number of carbonyl (C=O) groups is 1. The van der Waals surface area contributed by atoms with Gasteiger partial charge in [0.25, 0.3) is 0 Å². The van der Waals surface area contributed by atoms with E-state index in [0.717, 1.165) is 41.2 Å². The lowest BCUT2D eigenvalue weighted by Gasteiger charge is -2.32. The molecule has 2 aliphatic rings. The number of allylic oxidation sites excluding steroid dienone is 2. The quantitative estimate of drug-likeness (QED) is 0.376. The number of nitrogens with zero attached hydrogens (tertiary/aromatic N) is 3. The Kier molecular flexibility index (Phi) is 5.34. The maximum atomic E-state index is 13.1. The third kappa shape index (κ3) is 3.56. The molecule has 1 N–H and O–H groups in total. The van der Waals surface area contributed by atoms with Crippen molar-refractivity contribution >= 4 is 34.3 Å². The maximum Gasteiger partial charge on any atom is 0.227 e. The Morgan fingerprint density at radius 3 is 2.79 bits per heavy atom. The van der Waals surface area contributed by atoms with Gasteiger partial charge >= 0.3 is 0 Å². The highest BCUT2D eigenvalue weighted by Crippen LogP contribution is 2.43. The normalized spacial score (nSPS) is 17.3. The van der Waals surface area contributed by atoms with Crippen LogP contribution in [0.1, 0.15) is 36.4 Å². The summed E-state index contributed by atoms with van der Waals surface area (Å²) in [6.45, 7) is 0. The van der Waals surface area contributed by atoms with Crippen molar-refractivity contribution in [3.05, 3.63) is 89.1 Å². The van der Waals surface area contributed by atoms with Crippen LogP contribution in [0, 0.1) is 0 Å². The zero-order valence-corrected chi connectivity index (χ0v) is 19.6. The lowest BCUT2D eigenvalue weighted by molar-refractivity contribution is -0.116. The van der Waals surface area contributed by atoms with Gasteiger partial charge < -0.3 is 10.1 Å². The summed E-state index contributed by atoms with van der Waals surface area (Å²) in [5.74, 6) is 2.34. The van der Waals surface area contributed by atoms with Crippen molar-refractivity contribution in [2.45, 2.75) is 36.2 Å². The maximum absolute atomic E-state index is 13.1. The molecule has 1 atom stereocenters. The molecule has 0 saturated carbocycles. The van der Waals surface area contributed by atoms with Crippen LogP contribution in [0.4, 0.5) is 5.95 Å². The highest BCUT2D eigenvalue weighted by atomic mass is 32.2. The molecule has 170 valence electrons. The molecule has 0 spiro atoms. The van der Waals surface area contributed by atoms with E-state index in [-0.39, 0.29) is 11.8 Å². The van der Waals surface area contributed by atoms with Crippen molar-refractivity contribution in [1.29, 1.82) is 0 Å². The zero-order valence-electron chi connectivity index (χ0n) is 18.8. The third-order valence-electron chi connectivity index (χ3n) is 6.52. The van der Waals surface area contributed by atoms with E-state index in [1.165, 1.54) is 16.3 Å². The number of ether oxygens (including phenoxy) is 1. The van der Waals surface area contributed by atoms with E-state index >= 15 is 0 Å². The minimum Gasteiger partial charge on any atom is -0.496 e. The Morgan fingerprint density at radius 1 is 1.06 bits per heavy atom. The van der Waals surface area contributed by atoms with Gasteiger partial charge in [0.15, 0.2) is 5.78 Å². The van der Waals surface area contributed by atoms with Crippen LogP contribution < -0.4 is 10.1 Å². The summed E-state index contributed by atoms with van der Waals surface area (Å²) in [5.41, 5.74) is 3.90. The van der Waals surface area contributed by atoms with E-state index < -0.39 is 0 Å². The first-order valence-electron chi connectivity index (χ1n) is 11.4. The number of benzene rings is 3. The molecule has 3 aromatic carbocycles. The molecule has 0 radical (unpaired) electrons. The second kappa shape index (κ2) is 8.65. The van der Waals surface area contributed by atoms with Gasteiger partial charge in [0, 0.05) is 29.0 Å². The van der Waals surface area contributed by atoms with E-state index in [1.807, 2.05) is 28.9 Å². The average molecular weight is 469 g/mol. The number of hydrogen-bond acceptors (Lipinski definition) is 6. The molecule has 0 saturated heterocycles. The molecule has 4 aromatic rings. The molecule has 34 heavy (non-hydrogen) atoms. The van der Waals surface area contributed by atoms with Crippen molar-refractivity contribution in [3.63, 3.8) is 0 Å². The van der Waals surface area contributed by atoms with Crippen LogP contribution in [0.3, 0.4) is 0 Å². The summed E-state index contributed by atoms with van der Waals surface area (Å²) < 4.78 is 7.51. The number of thioether (sulfide) groups is 1. The van der Waals surface area contributed by atoms with Crippen molar-refractivity contribution < 1.29 is 9.53 Å². The minimum absolute atomic E-state index is 0.163. The highest BCUT2D eigenvalue weighted by Gasteiger charge is 2.38. The summed E-state index contributed by atoms with van der Waals surface area (Å²) in [6, 6.07) is 22.3. The van der Waals surface area contributed by atoms with Gasteiger partial charge in [-0.05, 0) is 35.2 Å². The number of Topliss-reactive ketones (excluding diaryl/α,β-unsaturated/α-hetero) is 1. The van der Waals surface area contributed by atoms with E-state index in [0.29, 0.717) is 17.5 Å². The van der Waals surface area contributed by atoms with Crippen LogP contribution in [-0.2, 0) is 10.5 Å². The second-order valence-electron chi connectivity index (χ2n) is 8.53. The summed E-state index contributed by atoms with van der Waals surface area (Å²) in [7, 11) is 1.66. The fourth-order valence-electron chi connectivity index (χ4n) is 4.94. The number of carbonyl (C=O) groups excluding carboxylic acids is 1. The molecule has 6 nitrogen and oxygen atoms in total. The van der Waals surface area contributed by atoms with Crippen LogP contribution in [0.5, 0.6) is 5.75 Å². The molecule has 6 rings (SSSR count). The highest BCUT2D eigenvalue weighted by molar-refractivity contribution is 7.98. The number of anilines is 1. The van der Waals surface area contributed by atoms with Crippen molar-refractivity contribution in [2.24, 2.45) is 0 Å². The molecular weight excluding hydrogens is 444 g/mol. The predicted molar refractivity (Wildman–Crippen MR) is 134 cm³/mol. The molecular formula is C27H24N4O2S. The average Bonchev–Trinajstić information content (AvgIpc) is 3.29. The molecule has 2 heterocycles. The zero-order chi connectivity index (χ0) is 23.1.